The Bertz CT molecular complexity index is 350. The van der Waals surface area contributed by atoms with Gasteiger partial charge in [0.15, 0.2) is 0 Å². The van der Waals surface area contributed by atoms with E-state index in [4.69, 9.17) is 22.1 Å². The molecule has 0 aliphatic heterocycles. The molecule has 1 aromatic carbocycles. The monoisotopic (exact) mass is 241 g/mol. The Balaban J connectivity index is 2.68. The molecule has 16 heavy (non-hydrogen) atoms. The standard InChI is InChI=1S/C13H20ClNO/c1-13(2,9-15)7-6-10-4-5-11(16-3)8-12(10)14/h4-5,8H,6-7,9,15H2,1-3H3. The van der Waals surface area contributed by atoms with E-state index in [1.807, 2.05) is 18.2 Å². The second kappa shape index (κ2) is 5.55. The molecule has 0 aromatic heterocycles. The zero-order chi connectivity index (χ0) is 12.2. The molecule has 1 aromatic rings. The summed E-state index contributed by atoms with van der Waals surface area (Å²) in [7, 11) is 1.64. The lowest BCUT2D eigenvalue weighted by molar-refractivity contribution is 0.348. The first-order chi connectivity index (χ1) is 7.48. The van der Waals surface area contributed by atoms with E-state index in [2.05, 4.69) is 13.8 Å². The van der Waals surface area contributed by atoms with Gasteiger partial charge in [-0.1, -0.05) is 31.5 Å². The fraction of sp³-hybridized carbons (Fsp3) is 0.538. The highest BCUT2D eigenvalue weighted by atomic mass is 35.5. The maximum atomic E-state index is 6.17. The van der Waals surface area contributed by atoms with Crippen LogP contribution in [0, 0.1) is 5.41 Å². The predicted molar refractivity (Wildman–Crippen MR) is 69.2 cm³/mol. The maximum Gasteiger partial charge on any atom is 0.120 e. The number of benzene rings is 1. The molecule has 0 bridgehead atoms. The number of halogens is 1. The Morgan fingerprint density at radius 3 is 2.56 bits per heavy atom. The lowest BCUT2D eigenvalue weighted by atomic mass is 9.86. The summed E-state index contributed by atoms with van der Waals surface area (Å²) in [5.74, 6) is 0.798. The van der Waals surface area contributed by atoms with Gasteiger partial charge in [0.25, 0.3) is 0 Å². The van der Waals surface area contributed by atoms with Crippen LogP contribution in [0.4, 0.5) is 0 Å². The van der Waals surface area contributed by atoms with Crippen LogP contribution in [0.3, 0.4) is 0 Å². The van der Waals surface area contributed by atoms with Gasteiger partial charge >= 0.3 is 0 Å². The average Bonchev–Trinajstić information content (AvgIpc) is 2.27. The molecular formula is C13H20ClNO. The number of hydrogen-bond acceptors (Lipinski definition) is 2. The Hall–Kier alpha value is -0.730. The van der Waals surface area contributed by atoms with E-state index < -0.39 is 0 Å². The average molecular weight is 242 g/mol. The molecule has 3 heteroatoms. The summed E-state index contributed by atoms with van der Waals surface area (Å²) in [5.41, 5.74) is 7.03. The van der Waals surface area contributed by atoms with E-state index in [1.165, 1.54) is 0 Å². The Morgan fingerprint density at radius 2 is 2.06 bits per heavy atom. The van der Waals surface area contributed by atoms with Crippen molar-refractivity contribution in [1.29, 1.82) is 0 Å². The van der Waals surface area contributed by atoms with Crippen molar-refractivity contribution in [3.63, 3.8) is 0 Å². The van der Waals surface area contributed by atoms with Gasteiger partial charge in [-0.25, -0.2) is 0 Å². The summed E-state index contributed by atoms with van der Waals surface area (Å²) >= 11 is 6.17. The van der Waals surface area contributed by atoms with E-state index in [-0.39, 0.29) is 5.41 Å². The molecule has 1 rings (SSSR count). The van der Waals surface area contributed by atoms with Crippen molar-refractivity contribution in [3.05, 3.63) is 28.8 Å². The molecule has 0 heterocycles. The minimum absolute atomic E-state index is 0.170. The zero-order valence-electron chi connectivity index (χ0n) is 10.2. The second-order valence-corrected chi connectivity index (χ2v) is 5.23. The van der Waals surface area contributed by atoms with Gasteiger partial charge in [-0.3, -0.25) is 0 Å². The minimum atomic E-state index is 0.170. The van der Waals surface area contributed by atoms with Gasteiger partial charge < -0.3 is 10.5 Å². The first-order valence-electron chi connectivity index (χ1n) is 5.51. The number of aryl methyl sites for hydroxylation is 1. The third-order valence-electron chi connectivity index (χ3n) is 2.88. The van der Waals surface area contributed by atoms with Crippen LogP contribution >= 0.6 is 11.6 Å². The van der Waals surface area contributed by atoms with Crippen LogP contribution in [0.5, 0.6) is 5.75 Å². The van der Waals surface area contributed by atoms with Crippen molar-refractivity contribution in [1.82, 2.24) is 0 Å². The molecule has 0 atom stereocenters. The Morgan fingerprint density at radius 1 is 1.38 bits per heavy atom. The predicted octanol–water partition coefficient (Wildman–Crippen LogP) is 3.27. The molecule has 0 aliphatic rings. The van der Waals surface area contributed by atoms with Crippen LogP contribution < -0.4 is 10.5 Å². The van der Waals surface area contributed by atoms with E-state index in [1.54, 1.807) is 7.11 Å². The Kier molecular flexibility index (Phi) is 4.63. The summed E-state index contributed by atoms with van der Waals surface area (Å²) in [4.78, 5) is 0. The first-order valence-corrected chi connectivity index (χ1v) is 5.89. The van der Waals surface area contributed by atoms with Crippen molar-refractivity contribution >= 4 is 11.6 Å². The number of rotatable bonds is 5. The smallest absolute Gasteiger partial charge is 0.120 e. The van der Waals surface area contributed by atoms with Crippen LogP contribution in [0.15, 0.2) is 18.2 Å². The lowest BCUT2D eigenvalue weighted by Gasteiger charge is -2.22. The van der Waals surface area contributed by atoms with Gasteiger partial charge in [-0.2, -0.15) is 0 Å². The number of nitrogens with two attached hydrogens (primary N) is 1. The molecule has 0 fully saturated rings. The van der Waals surface area contributed by atoms with Gasteiger partial charge in [0.05, 0.1) is 7.11 Å². The molecule has 0 spiro atoms. The highest BCUT2D eigenvalue weighted by Crippen LogP contribution is 2.27. The van der Waals surface area contributed by atoms with Gasteiger partial charge in [0.1, 0.15) is 5.75 Å². The molecule has 2 N–H and O–H groups in total. The maximum absolute atomic E-state index is 6.17. The fourth-order valence-corrected chi connectivity index (χ4v) is 1.70. The molecule has 0 saturated carbocycles. The molecular weight excluding hydrogens is 222 g/mol. The normalized spacial score (nSPS) is 11.6. The van der Waals surface area contributed by atoms with Crippen molar-refractivity contribution in [3.8, 4) is 5.75 Å². The summed E-state index contributed by atoms with van der Waals surface area (Å²) in [6.45, 7) is 5.04. The van der Waals surface area contributed by atoms with Gasteiger partial charge in [0.2, 0.25) is 0 Å². The largest absolute Gasteiger partial charge is 0.497 e. The number of hydrogen-bond donors (Lipinski definition) is 1. The van der Waals surface area contributed by atoms with Crippen molar-refractivity contribution in [2.45, 2.75) is 26.7 Å². The second-order valence-electron chi connectivity index (χ2n) is 4.83. The molecule has 0 amide bonds. The van der Waals surface area contributed by atoms with E-state index in [0.29, 0.717) is 6.54 Å². The SMILES string of the molecule is COc1ccc(CCC(C)(C)CN)c(Cl)c1. The van der Waals surface area contributed by atoms with E-state index >= 15 is 0 Å². The molecule has 0 radical (unpaired) electrons. The van der Waals surface area contributed by atoms with Crippen LogP contribution in [-0.2, 0) is 6.42 Å². The molecule has 2 nitrogen and oxygen atoms in total. The summed E-state index contributed by atoms with van der Waals surface area (Å²) in [5, 5.41) is 0.771. The highest BCUT2D eigenvalue weighted by molar-refractivity contribution is 6.31. The molecule has 0 saturated heterocycles. The number of methoxy groups -OCH3 is 1. The third kappa shape index (κ3) is 3.69. The van der Waals surface area contributed by atoms with Crippen LogP contribution in [0.2, 0.25) is 5.02 Å². The van der Waals surface area contributed by atoms with Gasteiger partial charge in [-0.05, 0) is 42.5 Å². The third-order valence-corrected chi connectivity index (χ3v) is 3.24. The van der Waals surface area contributed by atoms with Crippen LogP contribution in [0.1, 0.15) is 25.8 Å². The summed E-state index contributed by atoms with van der Waals surface area (Å²) in [6.07, 6.45) is 1.99. The zero-order valence-corrected chi connectivity index (χ0v) is 11.0. The lowest BCUT2D eigenvalue weighted by Crippen LogP contribution is -2.24. The quantitative estimate of drug-likeness (QED) is 0.859. The summed E-state index contributed by atoms with van der Waals surface area (Å²) < 4.78 is 5.11. The Labute approximate surface area is 103 Å². The van der Waals surface area contributed by atoms with Gasteiger partial charge in [0, 0.05) is 5.02 Å². The molecule has 0 aliphatic carbocycles. The summed E-state index contributed by atoms with van der Waals surface area (Å²) in [6, 6.07) is 5.82. The van der Waals surface area contributed by atoms with E-state index in [9.17, 15) is 0 Å². The van der Waals surface area contributed by atoms with Gasteiger partial charge in [-0.15, -0.1) is 0 Å². The van der Waals surface area contributed by atoms with Crippen LogP contribution in [-0.4, -0.2) is 13.7 Å². The molecule has 90 valence electrons. The first kappa shape index (κ1) is 13.3. The van der Waals surface area contributed by atoms with Crippen molar-refractivity contribution in [2.24, 2.45) is 11.1 Å². The van der Waals surface area contributed by atoms with Crippen LogP contribution in [0.25, 0.3) is 0 Å². The van der Waals surface area contributed by atoms with Crippen molar-refractivity contribution < 1.29 is 4.74 Å². The minimum Gasteiger partial charge on any atom is -0.497 e. The van der Waals surface area contributed by atoms with E-state index in [0.717, 1.165) is 29.2 Å². The number of ether oxygens (including phenoxy) is 1. The molecule has 0 unspecified atom stereocenters. The fourth-order valence-electron chi connectivity index (χ4n) is 1.43. The van der Waals surface area contributed by atoms with Crippen molar-refractivity contribution in [2.75, 3.05) is 13.7 Å². The highest BCUT2D eigenvalue weighted by Gasteiger charge is 2.16. The topological polar surface area (TPSA) is 35.2 Å².